The third-order valence-electron chi connectivity index (χ3n) is 3.43. The molecule has 1 heterocycles. The molecule has 1 aliphatic carbocycles. The molecule has 0 saturated heterocycles. The number of allylic oxidation sites excluding steroid dienone is 3. The van der Waals surface area contributed by atoms with Gasteiger partial charge in [-0.25, -0.2) is 9.59 Å². The Balaban J connectivity index is 2.46. The predicted molar refractivity (Wildman–Crippen MR) is 77.6 cm³/mol. The van der Waals surface area contributed by atoms with E-state index in [9.17, 15) is 9.59 Å². The smallest absolute Gasteiger partial charge is 0.346 e. The van der Waals surface area contributed by atoms with Gasteiger partial charge in [0, 0.05) is 18.4 Å². The molecule has 22 heavy (non-hydrogen) atoms. The van der Waals surface area contributed by atoms with Gasteiger partial charge in [-0.15, -0.1) is 0 Å². The van der Waals surface area contributed by atoms with E-state index in [0.717, 1.165) is 17.8 Å². The summed E-state index contributed by atoms with van der Waals surface area (Å²) in [5.74, 6) is -0.177. The average molecular weight is 308 g/mol. The van der Waals surface area contributed by atoms with Crippen LogP contribution in [0.1, 0.15) is 26.7 Å². The van der Waals surface area contributed by atoms with Gasteiger partial charge < -0.3 is 18.9 Å². The Morgan fingerprint density at radius 1 is 1.18 bits per heavy atom. The predicted octanol–water partition coefficient (Wildman–Crippen LogP) is 2.02. The Bertz CT molecular complexity index is 547. The number of esters is 2. The summed E-state index contributed by atoms with van der Waals surface area (Å²) in [6.45, 7) is 4.30. The number of ether oxygens (including phenoxy) is 4. The van der Waals surface area contributed by atoms with Gasteiger partial charge in [0.15, 0.2) is 5.57 Å². The SMILES string of the molecule is CCOC(=O)C(C(=O)OCC)=C1CC2=C(C=C1OC)CCO2. The lowest BCUT2D eigenvalue weighted by Crippen LogP contribution is -2.22. The first kappa shape index (κ1) is 16.1. The minimum Gasteiger partial charge on any atom is -0.497 e. The molecule has 0 unspecified atom stereocenters. The monoisotopic (exact) mass is 308 g/mol. The van der Waals surface area contributed by atoms with Gasteiger partial charge in [-0.3, -0.25) is 0 Å². The second-order valence-electron chi connectivity index (χ2n) is 4.73. The van der Waals surface area contributed by atoms with E-state index in [1.54, 1.807) is 19.9 Å². The van der Waals surface area contributed by atoms with Gasteiger partial charge in [0.1, 0.15) is 11.5 Å². The van der Waals surface area contributed by atoms with Crippen molar-refractivity contribution in [2.45, 2.75) is 26.7 Å². The Morgan fingerprint density at radius 3 is 2.36 bits per heavy atom. The van der Waals surface area contributed by atoms with Crippen molar-refractivity contribution in [2.24, 2.45) is 0 Å². The van der Waals surface area contributed by atoms with E-state index in [1.165, 1.54) is 7.11 Å². The summed E-state index contributed by atoms with van der Waals surface area (Å²) < 4.78 is 20.9. The van der Waals surface area contributed by atoms with Gasteiger partial charge in [-0.1, -0.05) is 0 Å². The highest BCUT2D eigenvalue weighted by Crippen LogP contribution is 2.37. The highest BCUT2D eigenvalue weighted by molar-refractivity contribution is 6.15. The Kier molecular flexibility index (Phi) is 5.25. The maximum absolute atomic E-state index is 12.2. The summed E-state index contributed by atoms with van der Waals surface area (Å²) in [6, 6.07) is 0. The molecule has 6 nitrogen and oxygen atoms in total. The van der Waals surface area contributed by atoms with Gasteiger partial charge in [-0.2, -0.15) is 0 Å². The van der Waals surface area contributed by atoms with Crippen LogP contribution in [-0.4, -0.2) is 38.9 Å². The van der Waals surface area contributed by atoms with Crippen LogP contribution in [0.15, 0.2) is 34.3 Å². The summed E-state index contributed by atoms with van der Waals surface area (Å²) in [7, 11) is 1.50. The molecule has 0 N–H and O–H groups in total. The molecular formula is C16H20O6. The van der Waals surface area contributed by atoms with Crippen LogP contribution in [0.25, 0.3) is 0 Å². The maximum Gasteiger partial charge on any atom is 0.346 e. The summed E-state index contributed by atoms with van der Waals surface area (Å²) in [5.41, 5.74) is 1.35. The zero-order chi connectivity index (χ0) is 16.1. The lowest BCUT2D eigenvalue weighted by Gasteiger charge is -2.20. The number of rotatable bonds is 5. The Morgan fingerprint density at radius 2 is 1.82 bits per heavy atom. The fourth-order valence-electron chi connectivity index (χ4n) is 2.46. The van der Waals surface area contributed by atoms with E-state index in [4.69, 9.17) is 18.9 Å². The Hall–Kier alpha value is -2.24. The fraction of sp³-hybridized carbons (Fsp3) is 0.500. The molecule has 0 radical (unpaired) electrons. The normalized spacial score (nSPS) is 16.5. The van der Waals surface area contributed by atoms with Crippen LogP contribution in [0.4, 0.5) is 0 Å². The van der Waals surface area contributed by atoms with Crippen molar-refractivity contribution in [3.05, 3.63) is 34.3 Å². The second-order valence-corrected chi connectivity index (χ2v) is 4.73. The number of carbonyl (C=O) groups excluding carboxylic acids is 2. The van der Waals surface area contributed by atoms with Crippen molar-refractivity contribution >= 4 is 11.9 Å². The molecule has 120 valence electrons. The van der Waals surface area contributed by atoms with Crippen molar-refractivity contribution in [2.75, 3.05) is 26.9 Å². The molecule has 0 atom stereocenters. The summed E-state index contributed by atoms with van der Waals surface area (Å²) in [6.07, 6.45) is 2.92. The van der Waals surface area contributed by atoms with E-state index in [2.05, 4.69) is 0 Å². The third kappa shape index (κ3) is 3.16. The molecule has 0 aromatic rings. The minimum absolute atomic E-state index is 0.126. The van der Waals surface area contributed by atoms with E-state index < -0.39 is 11.9 Å². The van der Waals surface area contributed by atoms with Gasteiger partial charge in [0.25, 0.3) is 0 Å². The quantitative estimate of drug-likeness (QED) is 0.335. The number of carbonyl (C=O) groups is 2. The molecular weight excluding hydrogens is 288 g/mol. The zero-order valence-electron chi connectivity index (χ0n) is 13.1. The van der Waals surface area contributed by atoms with Crippen LogP contribution in [0.5, 0.6) is 0 Å². The molecule has 0 aromatic carbocycles. The fourth-order valence-corrected chi connectivity index (χ4v) is 2.46. The lowest BCUT2D eigenvalue weighted by atomic mass is 9.94. The van der Waals surface area contributed by atoms with Crippen LogP contribution in [0.3, 0.4) is 0 Å². The molecule has 0 aromatic heterocycles. The first-order valence-corrected chi connectivity index (χ1v) is 7.30. The molecule has 6 heteroatoms. The van der Waals surface area contributed by atoms with Crippen molar-refractivity contribution in [3.63, 3.8) is 0 Å². The number of hydrogen-bond donors (Lipinski definition) is 0. The first-order valence-electron chi connectivity index (χ1n) is 7.30. The van der Waals surface area contributed by atoms with E-state index in [1.807, 2.05) is 0 Å². The molecule has 0 amide bonds. The molecule has 2 aliphatic rings. The van der Waals surface area contributed by atoms with Gasteiger partial charge in [-0.05, 0) is 25.5 Å². The van der Waals surface area contributed by atoms with Crippen molar-refractivity contribution in [1.82, 2.24) is 0 Å². The van der Waals surface area contributed by atoms with E-state index in [-0.39, 0.29) is 18.8 Å². The molecule has 0 spiro atoms. The van der Waals surface area contributed by atoms with Crippen molar-refractivity contribution in [3.8, 4) is 0 Å². The first-order chi connectivity index (χ1) is 10.6. The summed E-state index contributed by atoms with van der Waals surface area (Å²) >= 11 is 0. The van der Waals surface area contributed by atoms with Crippen LogP contribution in [0.2, 0.25) is 0 Å². The van der Waals surface area contributed by atoms with Crippen LogP contribution in [-0.2, 0) is 28.5 Å². The minimum atomic E-state index is -0.707. The second kappa shape index (κ2) is 7.15. The van der Waals surface area contributed by atoms with Gasteiger partial charge >= 0.3 is 11.9 Å². The zero-order valence-corrected chi connectivity index (χ0v) is 13.1. The summed E-state index contributed by atoms with van der Waals surface area (Å²) in [4.78, 5) is 24.4. The molecule has 0 saturated carbocycles. The molecule has 1 aliphatic heterocycles. The lowest BCUT2D eigenvalue weighted by molar-refractivity contribution is -0.146. The van der Waals surface area contributed by atoms with E-state index in [0.29, 0.717) is 24.4 Å². The largest absolute Gasteiger partial charge is 0.497 e. The van der Waals surface area contributed by atoms with E-state index >= 15 is 0 Å². The molecule has 0 fully saturated rings. The van der Waals surface area contributed by atoms with Crippen LogP contribution in [0, 0.1) is 0 Å². The average Bonchev–Trinajstić information content (AvgIpc) is 2.94. The van der Waals surface area contributed by atoms with Gasteiger partial charge in [0.05, 0.1) is 26.9 Å². The summed E-state index contributed by atoms with van der Waals surface area (Å²) in [5, 5.41) is 0. The standard InChI is InChI=1S/C16H20O6/c1-4-20-15(17)14(16(18)21-5-2)11-9-12-10(6-7-22-12)8-13(11)19-3/h8H,4-7,9H2,1-3H3. The van der Waals surface area contributed by atoms with Gasteiger partial charge in [0.2, 0.25) is 0 Å². The molecule has 2 rings (SSSR count). The van der Waals surface area contributed by atoms with Crippen LogP contribution >= 0.6 is 0 Å². The van der Waals surface area contributed by atoms with Crippen LogP contribution < -0.4 is 0 Å². The highest BCUT2D eigenvalue weighted by atomic mass is 16.6. The topological polar surface area (TPSA) is 71.1 Å². The van der Waals surface area contributed by atoms with Crippen molar-refractivity contribution in [1.29, 1.82) is 0 Å². The Labute approximate surface area is 129 Å². The number of methoxy groups -OCH3 is 1. The molecule has 0 bridgehead atoms. The highest BCUT2D eigenvalue weighted by Gasteiger charge is 2.33. The number of hydrogen-bond acceptors (Lipinski definition) is 6. The maximum atomic E-state index is 12.2. The third-order valence-corrected chi connectivity index (χ3v) is 3.43. The van der Waals surface area contributed by atoms with Crippen molar-refractivity contribution < 1.29 is 28.5 Å².